The Labute approximate surface area is 271 Å². The van der Waals surface area contributed by atoms with Gasteiger partial charge in [0, 0.05) is 43.9 Å². The Balaban J connectivity index is 1.33. The minimum absolute atomic E-state index is 0.0233. The van der Waals surface area contributed by atoms with Gasteiger partial charge in [-0.3, -0.25) is 0 Å². The summed E-state index contributed by atoms with van der Waals surface area (Å²) in [4.78, 5) is 0. The molecule has 0 bridgehead atoms. The van der Waals surface area contributed by atoms with E-state index in [4.69, 9.17) is 4.42 Å². The summed E-state index contributed by atoms with van der Waals surface area (Å²) in [6.07, 6.45) is 0. The van der Waals surface area contributed by atoms with Gasteiger partial charge < -0.3 is 13.5 Å². The van der Waals surface area contributed by atoms with Gasteiger partial charge >= 0.3 is 6.85 Å². The zero-order valence-corrected chi connectivity index (χ0v) is 26.0. The van der Waals surface area contributed by atoms with E-state index in [0.29, 0.717) is 0 Å². The van der Waals surface area contributed by atoms with Crippen molar-refractivity contribution in [3.8, 4) is 39.2 Å². The maximum absolute atomic E-state index is 6.83. The zero-order chi connectivity index (χ0) is 30.8. The van der Waals surface area contributed by atoms with Crippen LogP contribution < -0.4 is 10.9 Å². The molecule has 4 heteroatoms. The minimum Gasteiger partial charge on any atom is -0.441 e. The van der Waals surface area contributed by atoms with Crippen LogP contribution in [0.25, 0.3) is 83.1 Å². The van der Waals surface area contributed by atoms with Gasteiger partial charge in [-0.05, 0) is 56.9 Å². The molecule has 0 saturated heterocycles. The van der Waals surface area contributed by atoms with Gasteiger partial charge in [-0.25, -0.2) is 0 Å². The Morgan fingerprint density at radius 2 is 1.36 bits per heavy atom. The standard InChI is InChI=1S/C43H27BN2O/c1-43(2)32-19-8-6-14-27(32)41-37(43)30-18-11-20-33-40(30)45(41)34-23-25(24-12-4-3-5-13-24)22-31-26-16-10-17-29-36-28-15-7-9-21-35(28)47-42(36)46(39(26)29)44(33)38(31)34/h3-23H,1-2H3. The van der Waals surface area contributed by atoms with Gasteiger partial charge in [0.2, 0.25) is 0 Å². The van der Waals surface area contributed by atoms with Gasteiger partial charge in [0.1, 0.15) is 5.58 Å². The summed E-state index contributed by atoms with van der Waals surface area (Å²) in [6.45, 7) is 4.78. The number of hydrogen-bond donors (Lipinski definition) is 0. The number of furan rings is 1. The molecular formula is C43H27BN2O. The van der Waals surface area contributed by atoms with Crippen molar-refractivity contribution in [3.63, 3.8) is 0 Å². The van der Waals surface area contributed by atoms with E-state index in [9.17, 15) is 0 Å². The lowest BCUT2D eigenvalue weighted by Crippen LogP contribution is -2.55. The largest absolute Gasteiger partial charge is 0.441 e. The van der Waals surface area contributed by atoms with E-state index in [1.54, 1.807) is 0 Å². The van der Waals surface area contributed by atoms with E-state index in [-0.39, 0.29) is 12.3 Å². The normalized spacial score (nSPS) is 14.7. The Bertz CT molecular complexity index is 2880. The second kappa shape index (κ2) is 7.97. The fourth-order valence-electron chi connectivity index (χ4n) is 9.67. The molecule has 0 spiro atoms. The quantitative estimate of drug-likeness (QED) is 0.173. The summed E-state index contributed by atoms with van der Waals surface area (Å²) in [6, 6.07) is 47.1. The van der Waals surface area contributed by atoms with Crippen molar-refractivity contribution in [2.75, 3.05) is 0 Å². The Hall–Kier alpha value is -5.74. The Morgan fingerprint density at radius 3 is 2.28 bits per heavy atom. The van der Waals surface area contributed by atoms with Crippen molar-refractivity contribution in [3.05, 3.63) is 139 Å². The number of fused-ring (bicyclic) bond motifs is 14. The Kier molecular flexibility index (Phi) is 4.15. The predicted octanol–water partition coefficient (Wildman–Crippen LogP) is 9.41. The van der Waals surface area contributed by atoms with E-state index in [1.165, 1.54) is 93.8 Å². The first-order valence-corrected chi connectivity index (χ1v) is 16.6. The number of aromatic nitrogens is 2. The third-order valence-electron chi connectivity index (χ3n) is 11.5. The van der Waals surface area contributed by atoms with E-state index in [2.05, 4.69) is 150 Å². The average Bonchev–Trinajstić information content (AvgIpc) is 3.82. The highest BCUT2D eigenvalue weighted by atomic mass is 16.3. The number of hydrogen-bond acceptors (Lipinski definition) is 1. The van der Waals surface area contributed by atoms with E-state index < -0.39 is 0 Å². The van der Waals surface area contributed by atoms with Gasteiger partial charge in [0.15, 0.2) is 5.71 Å². The van der Waals surface area contributed by atoms with E-state index >= 15 is 0 Å². The summed E-state index contributed by atoms with van der Waals surface area (Å²) in [7, 11) is 0. The lowest BCUT2D eigenvalue weighted by atomic mass is 9.45. The monoisotopic (exact) mass is 598 g/mol. The van der Waals surface area contributed by atoms with Crippen LogP contribution >= 0.6 is 0 Å². The molecule has 0 radical (unpaired) electrons. The van der Waals surface area contributed by atoms with Crippen molar-refractivity contribution in [2.24, 2.45) is 0 Å². The first-order valence-electron chi connectivity index (χ1n) is 16.6. The van der Waals surface area contributed by atoms with Crippen molar-refractivity contribution in [2.45, 2.75) is 19.3 Å². The molecule has 0 unspecified atom stereocenters. The molecule has 6 aromatic carbocycles. The molecule has 1 aliphatic carbocycles. The highest BCUT2D eigenvalue weighted by molar-refractivity contribution is 6.90. The SMILES string of the molecule is CC1(C)c2ccccc2-c2c1c1cccc3c1n2-c1cc(-c2ccccc2)cc2c1B3n1c3oc4ccccc4c3c3cccc-2c31. The maximum Gasteiger partial charge on any atom is 0.336 e. The Morgan fingerprint density at radius 1 is 0.617 bits per heavy atom. The van der Waals surface area contributed by atoms with E-state index in [0.717, 1.165) is 11.3 Å². The number of benzene rings is 6. The van der Waals surface area contributed by atoms with Crippen LogP contribution in [0.2, 0.25) is 0 Å². The zero-order valence-electron chi connectivity index (χ0n) is 26.0. The van der Waals surface area contributed by atoms with Gasteiger partial charge in [-0.1, -0.05) is 123 Å². The van der Waals surface area contributed by atoms with Crippen LogP contribution in [0.3, 0.4) is 0 Å². The van der Waals surface area contributed by atoms with Gasteiger partial charge in [0.25, 0.3) is 0 Å². The molecule has 218 valence electrons. The molecule has 5 heterocycles. The second-order valence-electron chi connectivity index (χ2n) is 14.0. The van der Waals surface area contributed by atoms with Crippen LogP contribution in [0.15, 0.2) is 132 Å². The molecule has 2 aliphatic heterocycles. The smallest absolute Gasteiger partial charge is 0.336 e. The van der Waals surface area contributed by atoms with Crippen molar-refractivity contribution >= 4 is 61.6 Å². The number of rotatable bonds is 1. The fourth-order valence-corrected chi connectivity index (χ4v) is 9.67. The lowest BCUT2D eigenvalue weighted by molar-refractivity contribution is 0.651. The van der Waals surface area contributed by atoms with Crippen LogP contribution in [-0.2, 0) is 5.41 Å². The molecule has 9 aromatic rings. The topological polar surface area (TPSA) is 23.0 Å². The molecule has 3 aliphatic rings. The molecular weight excluding hydrogens is 571 g/mol. The highest BCUT2D eigenvalue weighted by Crippen LogP contribution is 2.55. The van der Waals surface area contributed by atoms with Crippen LogP contribution in [0, 0.1) is 0 Å². The molecule has 3 aromatic heterocycles. The molecule has 0 N–H and O–H groups in total. The summed E-state index contributed by atoms with van der Waals surface area (Å²) in [5.41, 5.74) is 18.9. The van der Waals surface area contributed by atoms with Crippen molar-refractivity contribution in [1.29, 1.82) is 0 Å². The fraction of sp³-hybridized carbons (Fsp3) is 0.0698. The van der Waals surface area contributed by atoms with Crippen molar-refractivity contribution < 1.29 is 4.42 Å². The average molecular weight is 599 g/mol. The summed E-state index contributed by atoms with van der Waals surface area (Å²) >= 11 is 0. The molecule has 12 rings (SSSR count). The van der Waals surface area contributed by atoms with Gasteiger partial charge in [-0.2, -0.15) is 0 Å². The minimum atomic E-state index is -0.121. The first kappa shape index (κ1) is 24.5. The maximum atomic E-state index is 6.83. The van der Waals surface area contributed by atoms with Crippen molar-refractivity contribution in [1.82, 2.24) is 9.05 Å². The third-order valence-corrected chi connectivity index (χ3v) is 11.5. The second-order valence-corrected chi connectivity index (χ2v) is 14.0. The molecule has 0 saturated carbocycles. The predicted molar refractivity (Wildman–Crippen MR) is 195 cm³/mol. The van der Waals surface area contributed by atoms with Gasteiger partial charge in [0.05, 0.1) is 16.6 Å². The molecule has 0 atom stereocenters. The number of nitrogens with zero attached hydrogens (tertiary/aromatic N) is 2. The summed E-state index contributed by atoms with van der Waals surface area (Å²) in [5, 5.41) is 4.99. The first-order chi connectivity index (χ1) is 23.1. The molecule has 47 heavy (non-hydrogen) atoms. The number of para-hydroxylation sites is 3. The lowest BCUT2D eigenvalue weighted by Gasteiger charge is -2.34. The molecule has 0 amide bonds. The highest BCUT2D eigenvalue weighted by Gasteiger charge is 2.47. The summed E-state index contributed by atoms with van der Waals surface area (Å²) in [5.74, 6) is 0. The van der Waals surface area contributed by atoms with E-state index in [1.807, 2.05) is 0 Å². The summed E-state index contributed by atoms with van der Waals surface area (Å²) < 4.78 is 12.0. The van der Waals surface area contributed by atoms with Gasteiger partial charge in [-0.15, -0.1) is 0 Å². The molecule has 0 fully saturated rings. The third kappa shape index (κ3) is 2.68. The van der Waals surface area contributed by atoms with Crippen LogP contribution in [-0.4, -0.2) is 15.9 Å². The van der Waals surface area contributed by atoms with Crippen LogP contribution in [0.1, 0.15) is 25.0 Å². The molecule has 3 nitrogen and oxygen atoms in total. The van der Waals surface area contributed by atoms with Crippen LogP contribution in [0.5, 0.6) is 0 Å². The van der Waals surface area contributed by atoms with Crippen LogP contribution in [0.4, 0.5) is 0 Å².